The molecule has 0 unspecified atom stereocenters. The second-order valence-electron chi connectivity index (χ2n) is 4.95. The molecular formula is C13H13F5N2O2. The lowest BCUT2D eigenvalue weighted by molar-refractivity contribution is -0.136. The summed E-state index contributed by atoms with van der Waals surface area (Å²) in [6, 6.07) is 0. The highest BCUT2D eigenvalue weighted by atomic mass is 19.2. The number of nitrogens with zero attached hydrogens (tertiary/aromatic N) is 2. The van der Waals surface area contributed by atoms with E-state index < -0.39 is 40.8 Å². The Balaban J connectivity index is 2.09. The molecule has 0 spiro atoms. The minimum atomic E-state index is -2.30. The summed E-state index contributed by atoms with van der Waals surface area (Å²) in [5.41, 5.74) is 0. The van der Waals surface area contributed by atoms with Crippen LogP contribution in [0.5, 0.6) is 5.75 Å². The van der Waals surface area contributed by atoms with E-state index >= 15 is 0 Å². The van der Waals surface area contributed by atoms with Crippen molar-refractivity contribution in [2.45, 2.75) is 0 Å². The molecule has 0 aliphatic carbocycles. The SMILES string of the molecule is CN1CCN(CC(=O)Oc2c(F)c(F)c(F)c(F)c2F)CC1. The standard InChI is InChI=1S/C13H13F5N2O2/c1-19-2-4-20(5-3-19)6-7(21)22-13-11(17)9(15)8(14)10(16)12(13)18/h2-6H2,1H3. The van der Waals surface area contributed by atoms with Gasteiger partial charge in [-0.05, 0) is 7.05 Å². The fourth-order valence-corrected chi connectivity index (χ4v) is 2.01. The van der Waals surface area contributed by atoms with Gasteiger partial charge in [0.2, 0.25) is 34.8 Å². The van der Waals surface area contributed by atoms with Crippen LogP contribution in [0.15, 0.2) is 0 Å². The quantitative estimate of drug-likeness (QED) is 0.278. The van der Waals surface area contributed by atoms with Crippen LogP contribution in [0, 0.1) is 29.1 Å². The topological polar surface area (TPSA) is 32.8 Å². The molecule has 1 heterocycles. The monoisotopic (exact) mass is 324 g/mol. The van der Waals surface area contributed by atoms with E-state index in [2.05, 4.69) is 4.74 Å². The molecule has 122 valence electrons. The van der Waals surface area contributed by atoms with E-state index in [0.717, 1.165) is 0 Å². The van der Waals surface area contributed by atoms with Crippen LogP contribution in [0.3, 0.4) is 0 Å². The van der Waals surface area contributed by atoms with Gasteiger partial charge in [-0.3, -0.25) is 9.69 Å². The van der Waals surface area contributed by atoms with Crippen molar-refractivity contribution in [1.82, 2.24) is 9.80 Å². The Morgan fingerprint density at radius 1 is 0.909 bits per heavy atom. The maximum Gasteiger partial charge on any atom is 0.325 e. The number of likely N-dealkylation sites (N-methyl/N-ethyl adjacent to an activating group) is 1. The van der Waals surface area contributed by atoms with Crippen molar-refractivity contribution in [3.05, 3.63) is 29.1 Å². The molecule has 4 nitrogen and oxygen atoms in total. The molecule has 0 aromatic heterocycles. The smallest absolute Gasteiger partial charge is 0.325 e. The summed E-state index contributed by atoms with van der Waals surface area (Å²) in [6.45, 7) is 2.14. The number of halogens is 5. The average molecular weight is 324 g/mol. The van der Waals surface area contributed by atoms with E-state index in [1.807, 2.05) is 11.9 Å². The lowest BCUT2D eigenvalue weighted by atomic mass is 10.2. The fourth-order valence-electron chi connectivity index (χ4n) is 2.01. The molecule has 1 aromatic rings. The highest BCUT2D eigenvalue weighted by molar-refractivity contribution is 5.74. The lowest BCUT2D eigenvalue weighted by Crippen LogP contribution is -2.46. The van der Waals surface area contributed by atoms with Crippen molar-refractivity contribution in [1.29, 1.82) is 0 Å². The van der Waals surface area contributed by atoms with Gasteiger partial charge in [0.1, 0.15) is 0 Å². The average Bonchev–Trinajstić information content (AvgIpc) is 2.50. The van der Waals surface area contributed by atoms with Gasteiger partial charge in [-0.25, -0.2) is 13.2 Å². The predicted octanol–water partition coefficient (Wildman–Crippen LogP) is 1.53. The van der Waals surface area contributed by atoms with Crippen molar-refractivity contribution >= 4 is 5.97 Å². The molecule has 22 heavy (non-hydrogen) atoms. The summed E-state index contributed by atoms with van der Waals surface area (Å²) < 4.78 is 69.9. The molecular weight excluding hydrogens is 311 g/mol. The first-order chi connectivity index (χ1) is 10.3. The van der Waals surface area contributed by atoms with Crippen LogP contribution in [0.4, 0.5) is 22.0 Å². The molecule has 1 aliphatic heterocycles. The lowest BCUT2D eigenvalue weighted by Gasteiger charge is -2.31. The molecule has 2 rings (SSSR count). The zero-order valence-corrected chi connectivity index (χ0v) is 11.6. The number of benzene rings is 1. The molecule has 1 fully saturated rings. The van der Waals surface area contributed by atoms with Gasteiger partial charge in [0, 0.05) is 26.2 Å². The van der Waals surface area contributed by atoms with Gasteiger partial charge in [-0.1, -0.05) is 0 Å². The summed E-state index contributed by atoms with van der Waals surface area (Å²) in [6.07, 6.45) is 0. The number of ether oxygens (including phenoxy) is 1. The van der Waals surface area contributed by atoms with Crippen LogP contribution < -0.4 is 4.74 Å². The fraction of sp³-hybridized carbons (Fsp3) is 0.462. The van der Waals surface area contributed by atoms with Gasteiger partial charge >= 0.3 is 5.97 Å². The summed E-state index contributed by atoms with van der Waals surface area (Å²) in [5, 5.41) is 0. The van der Waals surface area contributed by atoms with Crippen molar-refractivity contribution in [3.8, 4) is 5.75 Å². The number of rotatable bonds is 3. The molecule has 0 amide bonds. The van der Waals surface area contributed by atoms with Crippen molar-refractivity contribution in [3.63, 3.8) is 0 Å². The second kappa shape index (κ2) is 6.57. The Morgan fingerprint density at radius 2 is 1.36 bits per heavy atom. The van der Waals surface area contributed by atoms with Crippen LogP contribution in [-0.4, -0.2) is 55.5 Å². The van der Waals surface area contributed by atoms with Crippen molar-refractivity contribution in [2.75, 3.05) is 39.8 Å². The van der Waals surface area contributed by atoms with Crippen molar-refractivity contribution in [2.24, 2.45) is 0 Å². The second-order valence-corrected chi connectivity index (χ2v) is 4.95. The minimum Gasteiger partial charge on any atom is -0.419 e. The number of carbonyl (C=O) groups is 1. The van der Waals surface area contributed by atoms with Gasteiger partial charge < -0.3 is 9.64 Å². The van der Waals surface area contributed by atoms with E-state index in [1.165, 1.54) is 0 Å². The molecule has 0 radical (unpaired) electrons. The number of piperazine rings is 1. The molecule has 0 saturated carbocycles. The van der Waals surface area contributed by atoms with Gasteiger partial charge in [0.25, 0.3) is 0 Å². The Morgan fingerprint density at radius 3 is 1.86 bits per heavy atom. The van der Waals surface area contributed by atoms with Gasteiger partial charge in [-0.15, -0.1) is 0 Å². The zero-order chi connectivity index (χ0) is 16.4. The van der Waals surface area contributed by atoms with E-state index in [4.69, 9.17) is 0 Å². The number of esters is 1. The third-order valence-corrected chi connectivity index (χ3v) is 3.33. The van der Waals surface area contributed by atoms with Gasteiger partial charge in [0.05, 0.1) is 6.54 Å². The van der Waals surface area contributed by atoms with Crippen LogP contribution in [0.2, 0.25) is 0 Å². The number of carbonyl (C=O) groups excluding carboxylic acids is 1. The molecule has 1 aliphatic rings. The predicted molar refractivity (Wildman–Crippen MR) is 65.8 cm³/mol. The van der Waals surface area contributed by atoms with E-state index in [-0.39, 0.29) is 6.54 Å². The molecule has 0 N–H and O–H groups in total. The highest BCUT2D eigenvalue weighted by Crippen LogP contribution is 2.29. The first kappa shape index (κ1) is 16.6. The normalized spacial score (nSPS) is 16.8. The first-order valence-electron chi connectivity index (χ1n) is 6.44. The van der Waals surface area contributed by atoms with E-state index in [1.54, 1.807) is 4.90 Å². The van der Waals surface area contributed by atoms with Crippen molar-refractivity contribution < 1.29 is 31.5 Å². The Kier molecular flexibility index (Phi) is 4.97. The van der Waals surface area contributed by atoms with E-state index in [9.17, 15) is 26.7 Å². The summed E-state index contributed by atoms with van der Waals surface area (Å²) in [5.74, 6) is -13.6. The first-order valence-corrected chi connectivity index (χ1v) is 6.44. The maximum atomic E-state index is 13.4. The molecule has 0 atom stereocenters. The highest BCUT2D eigenvalue weighted by Gasteiger charge is 2.29. The largest absolute Gasteiger partial charge is 0.419 e. The zero-order valence-electron chi connectivity index (χ0n) is 11.6. The maximum absolute atomic E-state index is 13.4. The molecule has 1 saturated heterocycles. The molecule has 1 aromatic carbocycles. The Bertz CT molecular complexity index is 559. The van der Waals surface area contributed by atoms with Crippen LogP contribution in [-0.2, 0) is 4.79 Å². The van der Waals surface area contributed by atoms with Crippen LogP contribution in [0.25, 0.3) is 0 Å². The third-order valence-electron chi connectivity index (χ3n) is 3.33. The van der Waals surface area contributed by atoms with Gasteiger partial charge in [-0.2, -0.15) is 8.78 Å². The summed E-state index contributed by atoms with van der Waals surface area (Å²) >= 11 is 0. The number of hydrogen-bond acceptors (Lipinski definition) is 4. The van der Waals surface area contributed by atoms with E-state index in [0.29, 0.717) is 26.2 Å². The van der Waals surface area contributed by atoms with Crippen LogP contribution in [0.1, 0.15) is 0 Å². The molecule has 9 heteroatoms. The Labute approximate surface area is 123 Å². The van der Waals surface area contributed by atoms with Crippen LogP contribution >= 0.6 is 0 Å². The molecule has 0 bridgehead atoms. The van der Waals surface area contributed by atoms with Gasteiger partial charge in [0.15, 0.2) is 0 Å². The summed E-state index contributed by atoms with van der Waals surface area (Å²) in [4.78, 5) is 15.3. The number of hydrogen-bond donors (Lipinski definition) is 0. The Hall–Kier alpha value is -1.74. The third kappa shape index (κ3) is 3.36. The minimum absolute atomic E-state index is 0.298. The summed E-state index contributed by atoms with van der Waals surface area (Å²) in [7, 11) is 1.89.